The molecule has 3 rings (SSSR count). The molecule has 1 amide bonds. The summed E-state index contributed by atoms with van der Waals surface area (Å²) in [5, 5.41) is 9.09. The van der Waals surface area contributed by atoms with Crippen molar-refractivity contribution in [3.63, 3.8) is 0 Å². The molecule has 1 saturated carbocycles. The summed E-state index contributed by atoms with van der Waals surface area (Å²) in [6.45, 7) is 1.52. The van der Waals surface area contributed by atoms with Crippen LogP contribution in [0.4, 0.5) is 13.2 Å². The summed E-state index contributed by atoms with van der Waals surface area (Å²) in [7, 11) is 0. The average Bonchev–Trinajstić information content (AvgIpc) is 3.45. The van der Waals surface area contributed by atoms with Gasteiger partial charge in [-0.15, -0.1) is 0 Å². The van der Waals surface area contributed by atoms with Crippen molar-refractivity contribution >= 4 is 11.9 Å². The third-order valence-corrected chi connectivity index (χ3v) is 4.58. The first-order chi connectivity index (χ1) is 14.4. The van der Waals surface area contributed by atoms with Crippen LogP contribution in [0.1, 0.15) is 29.7 Å². The Kier molecular flexibility index (Phi) is 7.37. The van der Waals surface area contributed by atoms with Crippen molar-refractivity contribution < 1.29 is 22.4 Å². The van der Waals surface area contributed by atoms with E-state index in [2.05, 4.69) is 20.9 Å². The summed E-state index contributed by atoms with van der Waals surface area (Å²) in [6, 6.07) is 8.78. The fourth-order valence-electron chi connectivity index (χ4n) is 2.81. The Morgan fingerprint density at radius 3 is 2.53 bits per heavy atom. The summed E-state index contributed by atoms with van der Waals surface area (Å²) in [5.41, 5.74) is -0.239. The second-order valence-corrected chi connectivity index (χ2v) is 7.11. The van der Waals surface area contributed by atoms with Gasteiger partial charge in [-0.1, -0.05) is 12.1 Å². The maximum Gasteiger partial charge on any atom is 0.416 e. The van der Waals surface area contributed by atoms with Crippen molar-refractivity contribution in [1.29, 1.82) is 0 Å². The van der Waals surface area contributed by atoms with Gasteiger partial charge in [-0.05, 0) is 42.7 Å². The van der Waals surface area contributed by atoms with E-state index in [-0.39, 0.29) is 18.4 Å². The van der Waals surface area contributed by atoms with Crippen molar-refractivity contribution in [2.24, 2.45) is 10.9 Å². The number of nitrogens with zero attached hydrogens (tertiary/aromatic N) is 1. The number of guanidine groups is 1. The number of nitrogens with one attached hydrogen (secondary N) is 3. The van der Waals surface area contributed by atoms with Crippen LogP contribution in [0.3, 0.4) is 0 Å². The topological polar surface area (TPSA) is 78.7 Å². The minimum atomic E-state index is -4.39. The zero-order chi connectivity index (χ0) is 21.4. The van der Waals surface area contributed by atoms with E-state index in [1.54, 1.807) is 18.4 Å². The first kappa shape index (κ1) is 21.7. The molecule has 1 aliphatic carbocycles. The highest BCUT2D eigenvalue weighted by Crippen LogP contribution is 2.29. The predicted octanol–water partition coefficient (Wildman–Crippen LogP) is 3.10. The van der Waals surface area contributed by atoms with E-state index in [1.165, 1.54) is 6.07 Å². The minimum absolute atomic E-state index is 0.0602. The first-order valence-electron chi connectivity index (χ1n) is 9.90. The SMILES string of the molecule is O=C(NCCNC(=NCc1cccc(C(F)(F)F)c1)NCCc1ccco1)C1CC1. The lowest BCUT2D eigenvalue weighted by molar-refractivity contribution is -0.137. The van der Waals surface area contributed by atoms with Crippen LogP contribution in [0, 0.1) is 5.92 Å². The lowest BCUT2D eigenvalue weighted by atomic mass is 10.1. The van der Waals surface area contributed by atoms with Crippen molar-refractivity contribution in [3.05, 3.63) is 59.5 Å². The summed E-state index contributed by atoms with van der Waals surface area (Å²) in [6.07, 6.45) is -0.273. The molecular weight excluding hydrogens is 397 g/mol. The minimum Gasteiger partial charge on any atom is -0.469 e. The Hall–Kier alpha value is -2.97. The second-order valence-electron chi connectivity index (χ2n) is 7.11. The summed E-state index contributed by atoms with van der Waals surface area (Å²) >= 11 is 0. The van der Waals surface area contributed by atoms with Crippen LogP contribution in [0.25, 0.3) is 0 Å². The molecule has 0 saturated heterocycles. The van der Waals surface area contributed by atoms with Crippen molar-refractivity contribution in [2.75, 3.05) is 19.6 Å². The number of rotatable bonds is 9. The molecule has 6 nitrogen and oxygen atoms in total. The normalized spacial score (nSPS) is 14.4. The number of alkyl halides is 3. The van der Waals surface area contributed by atoms with E-state index in [0.717, 1.165) is 30.7 Å². The second kappa shape index (κ2) is 10.2. The van der Waals surface area contributed by atoms with E-state index in [9.17, 15) is 18.0 Å². The van der Waals surface area contributed by atoms with Crippen molar-refractivity contribution in [2.45, 2.75) is 32.0 Å². The molecule has 1 aromatic heterocycles. The van der Waals surface area contributed by atoms with Crippen LogP contribution in [0.2, 0.25) is 0 Å². The fourth-order valence-corrected chi connectivity index (χ4v) is 2.81. The zero-order valence-corrected chi connectivity index (χ0v) is 16.5. The molecule has 9 heteroatoms. The number of furan rings is 1. The van der Waals surface area contributed by atoms with Crippen molar-refractivity contribution in [3.8, 4) is 0 Å². The molecule has 1 aromatic carbocycles. The Balaban J connectivity index is 1.54. The molecule has 1 fully saturated rings. The number of aliphatic imine (C=N–C) groups is 1. The quantitative estimate of drug-likeness (QED) is 0.330. The zero-order valence-electron chi connectivity index (χ0n) is 16.5. The van der Waals surface area contributed by atoms with E-state index < -0.39 is 11.7 Å². The summed E-state index contributed by atoms with van der Waals surface area (Å²) in [4.78, 5) is 16.1. The molecule has 0 atom stereocenters. The fraction of sp³-hybridized carbons (Fsp3) is 0.429. The van der Waals surface area contributed by atoms with Gasteiger partial charge in [0.1, 0.15) is 5.76 Å². The van der Waals surface area contributed by atoms with E-state index in [1.807, 2.05) is 6.07 Å². The Labute approximate surface area is 172 Å². The van der Waals surface area contributed by atoms with Gasteiger partial charge in [-0.2, -0.15) is 13.2 Å². The Morgan fingerprint density at radius 1 is 1.07 bits per heavy atom. The highest BCUT2D eigenvalue weighted by atomic mass is 19.4. The largest absolute Gasteiger partial charge is 0.469 e. The number of hydrogen-bond acceptors (Lipinski definition) is 3. The van der Waals surface area contributed by atoms with Gasteiger partial charge < -0.3 is 20.4 Å². The molecule has 0 bridgehead atoms. The number of benzene rings is 1. The third-order valence-electron chi connectivity index (χ3n) is 4.58. The molecule has 30 heavy (non-hydrogen) atoms. The molecular formula is C21H25F3N4O2. The maximum atomic E-state index is 12.9. The molecule has 0 aliphatic heterocycles. The third kappa shape index (κ3) is 7.13. The molecule has 1 aliphatic rings. The van der Waals surface area contributed by atoms with Gasteiger partial charge in [-0.25, -0.2) is 4.99 Å². The Bertz CT molecular complexity index is 846. The molecule has 0 radical (unpaired) electrons. The summed E-state index contributed by atoms with van der Waals surface area (Å²) < 4.78 is 44.0. The number of carbonyl (C=O) groups excluding carboxylic acids is 1. The Morgan fingerprint density at radius 2 is 1.83 bits per heavy atom. The number of hydrogen-bond donors (Lipinski definition) is 3. The molecule has 162 valence electrons. The van der Waals surface area contributed by atoms with E-state index >= 15 is 0 Å². The van der Waals surface area contributed by atoms with Gasteiger partial charge in [0.15, 0.2) is 5.96 Å². The van der Waals surface area contributed by atoms with Crippen LogP contribution in [-0.2, 0) is 23.9 Å². The summed E-state index contributed by atoms with van der Waals surface area (Å²) in [5.74, 6) is 1.48. The van der Waals surface area contributed by atoms with Crippen LogP contribution in [0.15, 0.2) is 52.1 Å². The van der Waals surface area contributed by atoms with Crippen LogP contribution >= 0.6 is 0 Å². The van der Waals surface area contributed by atoms with Crippen LogP contribution in [0.5, 0.6) is 0 Å². The maximum absolute atomic E-state index is 12.9. The van der Waals surface area contributed by atoms with Gasteiger partial charge in [0.05, 0.1) is 18.4 Å². The van der Waals surface area contributed by atoms with Gasteiger partial charge in [0.25, 0.3) is 0 Å². The molecule has 0 spiro atoms. The van der Waals surface area contributed by atoms with Crippen LogP contribution in [-0.4, -0.2) is 31.5 Å². The molecule has 1 heterocycles. The number of halogens is 3. The lowest BCUT2D eigenvalue weighted by Crippen LogP contribution is -2.42. The highest BCUT2D eigenvalue weighted by Gasteiger charge is 2.30. The molecule has 3 N–H and O–H groups in total. The van der Waals surface area contributed by atoms with Gasteiger partial charge in [-0.3, -0.25) is 4.79 Å². The first-order valence-corrected chi connectivity index (χ1v) is 9.90. The number of carbonyl (C=O) groups is 1. The standard InChI is InChI=1S/C21H25F3N4O2/c22-21(23,24)17-4-1-3-15(13-17)14-28-20(26-9-8-18-5-2-12-30-18)27-11-10-25-19(29)16-6-7-16/h1-5,12-13,16H,6-11,14H2,(H,25,29)(H2,26,27,28). The molecule has 0 unspecified atom stereocenters. The number of amides is 1. The van der Waals surface area contributed by atoms with E-state index in [0.29, 0.717) is 37.6 Å². The highest BCUT2D eigenvalue weighted by molar-refractivity contribution is 5.81. The van der Waals surface area contributed by atoms with Gasteiger partial charge in [0.2, 0.25) is 5.91 Å². The van der Waals surface area contributed by atoms with Gasteiger partial charge >= 0.3 is 6.18 Å². The van der Waals surface area contributed by atoms with Crippen LogP contribution < -0.4 is 16.0 Å². The predicted molar refractivity (Wildman–Crippen MR) is 107 cm³/mol. The average molecular weight is 422 g/mol. The van der Waals surface area contributed by atoms with Gasteiger partial charge in [0, 0.05) is 32.0 Å². The lowest BCUT2D eigenvalue weighted by Gasteiger charge is -2.13. The molecule has 2 aromatic rings. The van der Waals surface area contributed by atoms with Crippen molar-refractivity contribution in [1.82, 2.24) is 16.0 Å². The van der Waals surface area contributed by atoms with E-state index in [4.69, 9.17) is 4.42 Å². The monoisotopic (exact) mass is 422 g/mol. The smallest absolute Gasteiger partial charge is 0.416 e.